The Balaban J connectivity index is 1.70. The van der Waals surface area contributed by atoms with Crippen molar-refractivity contribution in [3.8, 4) is 17.2 Å². The number of hydrogen-bond donors (Lipinski definition) is 1. The predicted molar refractivity (Wildman–Crippen MR) is 70.3 cm³/mol. The van der Waals surface area contributed by atoms with Crippen LogP contribution in [-0.2, 0) is 6.61 Å². The van der Waals surface area contributed by atoms with Gasteiger partial charge in [-0.3, -0.25) is 0 Å². The van der Waals surface area contributed by atoms with Crippen molar-refractivity contribution in [1.29, 1.82) is 0 Å². The van der Waals surface area contributed by atoms with Crippen molar-refractivity contribution in [2.24, 2.45) is 0 Å². The molecule has 20 heavy (non-hydrogen) atoms. The van der Waals surface area contributed by atoms with Gasteiger partial charge in [-0.05, 0) is 35.9 Å². The van der Waals surface area contributed by atoms with Crippen LogP contribution in [0.1, 0.15) is 15.9 Å². The van der Waals surface area contributed by atoms with E-state index in [4.69, 9.17) is 19.3 Å². The fraction of sp³-hybridized carbons (Fsp3) is 0.133. The van der Waals surface area contributed by atoms with Crippen molar-refractivity contribution in [2.45, 2.75) is 6.61 Å². The second-order valence-corrected chi connectivity index (χ2v) is 4.31. The maximum absolute atomic E-state index is 10.9. The number of carboxylic acid groups (broad SMARTS) is 1. The summed E-state index contributed by atoms with van der Waals surface area (Å²) in [6.07, 6.45) is 0. The highest BCUT2D eigenvalue weighted by Crippen LogP contribution is 2.32. The van der Waals surface area contributed by atoms with Crippen LogP contribution < -0.4 is 14.2 Å². The molecular formula is C15H12O5. The highest BCUT2D eigenvalue weighted by Gasteiger charge is 2.13. The number of carbonyl (C=O) groups is 1. The highest BCUT2D eigenvalue weighted by atomic mass is 16.7. The minimum Gasteiger partial charge on any atom is -0.489 e. The lowest BCUT2D eigenvalue weighted by Crippen LogP contribution is -1.99. The van der Waals surface area contributed by atoms with E-state index in [0.717, 1.165) is 11.3 Å². The van der Waals surface area contributed by atoms with Crippen molar-refractivity contribution in [3.05, 3.63) is 53.6 Å². The van der Waals surface area contributed by atoms with Gasteiger partial charge in [0.15, 0.2) is 11.5 Å². The van der Waals surface area contributed by atoms with Crippen LogP contribution in [0.25, 0.3) is 0 Å². The van der Waals surface area contributed by atoms with Gasteiger partial charge in [-0.25, -0.2) is 4.79 Å². The Labute approximate surface area is 115 Å². The van der Waals surface area contributed by atoms with Gasteiger partial charge < -0.3 is 19.3 Å². The first-order valence-corrected chi connectivity index (χ1v) is 6.07. The molecular weight excluding hydrogens is 260 g/mol. The fourth-order valence-corrected chi connectivity index (χ4v) is 1.92. The fourth-order valence-electron chi connectivity index (χ4n) is 1.92. The molecule has 0 atom stereocenters. The van der Waals surface area contributed by atoms with Crippen molar-refractivity contribution < 1.29 is 24.1 Å². The van der Waals surface area contributed by atoms with E-state index in [1.54, 1.807) is 12.1 Å². The minimum absolute atomic E-state index is 0.202. The molecule has 3 rings (SSSR count). The number of ether oxygens (including phenoxy) is 3. The Hall–Kier alpha value is -2.69. The monoisotopic (exact) mass is 272 g/mol. The number of carboxylic acids is 1. The lowest BCUT2D eigenvalue weighted by molar-refractivity contribution is 0.0696. The molecule has 1 heterocycles. The maximum atomic E-state index is 10.9. The smallest absolute Gasteiger partial charge is 0.335 e. The minimum atomic E-state index is -0.974. The molecule has 0 bridgehead atoms. The summed E-state index contributed by atoms with van der Waals surface area (Å²) in [7, 11) is 0. The predicted octanol–water partition coefficient (Wildman–Crippen LogP) is 2.69. The van der Waals surface area contributed by atoms with E-state index in [2.05, 4.69) is 0 Å². The lowest BCUT2D eigenvalue weighted by atomic mass is 10.2. The number of hydrogen-bond acceptors (Lipinski definition) is 4. The summed E-state index contributed by atoms with van der Waals surface area (Å²) in [6.45, 7) is 0.569. The Morgan fingerprint density at radius 2 is 2.00 bits per heavy atom. The van der Waals surface area contributed by atoms with Crippen molar-refractivity contribution in [2.75, 3.05) is 6.79 Å². The molecule has 0 saturated carbocycles. The van der Waals surface area contributed by atoms with Gasteiger partial charge in [0.05, 0.1) is 5.56 Å². The number of aromatic carboxylic acids is 1. The van der Waals surface area contributed by atoms with E-state index < -0.39 is 5.97 Å². The topological polar surface area (TPSA) is 65.0 Å². The van der Waals surface area contributed by atoms with Crippen LogP contribution in [0.3, 0.4) is 0 Å². The summed E-state index contributed by atoms with van der Waals surface area (Å²) in [6, 6.07) is 12.0. The Morgan fingerprint density at radius 3 is 2.85 bits per heavy atom. The molecule has 0 unspecified atom stereocenters. The number of fused-ring (bicyclic) bond motifs is 1. The largest absolute Gasteiger partial charge is 0.489 e. The third-order valence-corrected chi connectivity index (χ3v) is 2.92. The number of rotatable bonds is 4. The van der Waals surface area contributed by atoms with Gasteiger partial charge in [0.25, 0.3) is 0 Å². The van der Waals surface area contributed by atoms with E-state index in [0.29, 0.717) is 18.1 Å². The van der Waals surface area contributed by atoms with E-state index in [9.17, 15) is 4.79 Å². The van der Waals surface area contributed by atoms with Crippen molar-refractivity contribution in [1.82, 2.24) is 0 Å². The lowest BCUT2D eigenvalue weighted by Gasteiger charge is -2.07. The summed E-state index contributed by atoms with van der Waals surface area (Å²) >= 11 is 0. The zero-order valence-corrected chi connectivity index (χ0v) is 10.5. The maximum Gasteiger partial charge on any atom is 0.335 e. The van der Waals surface area contributed by atoms with Gasteiger partial charge in [-0.1, -0.05) is 12.1 Å². The average molecular weight is 272 g/mol. The van der Waals surface area contributed by atoms with Crippen LogP contribution in [-0.4, -0.2) is 17.9 Å². The zero-order valence-electron chi connectivity index (χ0n) is 10.5. The Morgan fingerprint density at radius 1 is 1.15 bits per heavy atom. The molecule has 5 nitrogen and oxygen atoms in total. The molecule has 2 aromatic carbocycles. The molecule has 2 aromatic rings. The molecule has 1 N–H and O–H groups in total. The first kappa shape index (κ1) is 12.3. The van der Waals surface area contributed by atoms with Crippen molar-refractivity contribution >= 4 is 5.97 Å². The summed E-state index contributed by atoms with van der Waals surface area (Å²) in [4.78, 5) is 10.9. The molecule has 0 fully saturated rings. The molecule has 0 radical (unpaired) electrons. The normalized spacial score (nSPS) is 12.2. The van der Waals surface area contributed by atoms with Gasteiger partial charge >= 0.3 is 5.97 Å². The average Bonchev–Trinajstić information content (AvgIpc) is 2.93. The molecule has 1 aliphatic rings. The van der Waals surface area contributed by atoms with Gasteiger partial charge in [0.1, 0.15) is 12.4 Å². The highest BCUT2D eigenvalue weighted by molar-refractivity contribution is 5.87. The van der Waals surface area contributed by atoms with E-state index in [1.807, 2.05) is 18.2 Å². The SMILES string of the molecule is O=C(O)c1cccc(OCc2ccc3c(c2)OCO3)c1. The number of benzene rings is 2. The summed E-state index contributed by atoms with van der Waals surface area (Å²) < 4.78 is 16.1. The summed E-state index contributed by atoms with van der Waals surface area (Å²) in [5.74, 6) is 0.966. The van der Waals surface area contributed by atoms with Crippen LogP contribution in [0, 0.1) is 0 Å². The molecule has 0 aromatic heterocycles. The quantitative estimate of drug-likeness (QED) is 0.927. The van der Waals surface area contributed by atoms with E-state index in [-0.39, 0.29) is 12.4 Å². The summed E-state index contributed by atoms with van der Waals surface area (Å²) in [5.41, 5.74) is 1.13. The van der Waals surface area contributed by atoms with Crippen molar-refractivity contribution in [3.63, 3.8) is 0 Å². The van der Waals surface area contributed by atoms with Crippen LogP contribution in [0.15, 0.2) is 42.5 Å². The van der Waals surface area contributed by atoms with Gasteiger partial charge in [0, 0.05) is 0 Å². The van der Waals surface area contributed by atoms with E-state index in [1.165, 1.54) is 12.1 Å². The van der Waals surface area contributed by atoms with Crippen LogP contribution in [0.4, 0.5) is 0 Å². The summed E-state index contributed by atoms with van der Waals surface area (Å²) in [5, 5.41) is 8.91. The van der Waals surface area contributed by atoms with Crippen LogP contribution in [0.5, 0.6) is 17.2 Å². The van der Waals surface area contributed by atoms with Gasteiger partial charge in [0.2, 0.25) is 6.79 Å². The first-order chi connectivity index (χ1) is 9.72. The van der Waals surface area contributed by atoms with Gasteiger partial charge in [-0.15, -0.1) is 0 Å². The molecule has 0 amide bonds. The van der Waals surface area contributed by atoms with Gasteiger partial charge in [-0.2, -0.15) is 0 Å². The van der Waals surface area contributed by atoms with E-state index >= 15 is 0 Å². The molecule has 0 saturated heterocycles. The first-order valence-electron chi connectivity index (χ1n) is 6.07. The second-order valence-electron chi connectivity index (χ2n) is 4.31. The molecule has 0 aliphatic carbocycles. The molecule has 1 aliphatic heterocycles. The van der Waals surface area contributed by atoms with Crippen LogP contribution >= 0.6 is 0 Å². The van der Waals surface area contributed by atoms with Crippen LogP contribution in [0.2, 0.25) is 0 Å². The Bertz CT molecular complexity index is 650. The standard InChI is InChI=1S/C15H12O5/c16-15(17)11-2-1-3-12(7-11)18-8-10-4-5-13-14(6-10)20-9-19-13/h1-7H,8-9H2,(H,16,17). The third-order valence-electron chi connectivity index (χ3n) is 2.92. The third kappa shape index (κ3) is 2.51. The second kappa shape index (κ2) is 5.13. The molecule has 102 valence electrons. The molecule has 0 spiro atoms. The molecule has 5 heteroatoms. The zero-order chi connectivity index (χ0) is 13.9. The Kier molecular flexibility index (Phi) is 3.16.